The Morgan fingerprint density at radius 1 is 1.27 bits per heavy atom. The van der Waals surface area contributed by atoms with E-state index in [9.17, 15) is 4.79 Å². The van der Waals surface area contributed by atoms with Gasteiger partial charge in [0.1, 0.15) is 0 Å². The zero-order valence-corrected chi connectivity index (χ0v) is 10.4. The maximum absolute atomic E-state index is 11.5. The van der Waals surface area contributed by atoms with E-state index >= 15 is 0 Å². The summed E-state index contributed by atoms with van der Waals surface area (Å²) in [6, 6.07) is 0.149. The molecule has 1 N–H and O–H groups in total. The van der Waals surface area contributed by atoms with Gasteiger partial charge in [-0.05, 0) is 31.8 Å². The molecule has 3 fully saturated rings. The SMILES string of the molecule is O=C(N[C@@H]1CN2CCC1CC2)C(Cl)(Cl)Cl. The Balaban J connectivity index is 1.93. The molecule has 0 aliphatic carbocycles. The Morgan fingerprint density at radius 2 is 1.87 bits per heavy atom. The summed E-state index contributed by atoms with van der Waals surface area (Å²) in [5, 5.41) is 2.81. The first-order valence-corrected chi connectivity index (χ1v) is 6.20. The molecule has 0 unspecified atom stereocenters. The van der Waals surface area contributed by atoms with Gasteiger partial charge >= 0.3 is 0 Å². The highest BCUT2D eigenvalue weighted by Gasteiger charge is 2.38. The summed E-state index contributed by atoms with van der Waals surface area (Å²) in [6.45, 7) is 3.15. The predicted octanol–water partition coefficient (Wildman–Crippen LogP) is 1.57. The largest absolute Gasteiger partial charge is 0.348 e. The summed E-state index contributed by atoms with van der Waals surface area (Å²) in [5.41, 5.74) is 0. The van der Waals surface area contributed by atoms with Crippen LogP contribution in [-0.4, -0.2) is 40.3 Å². The zero-order chi connectivity index (χ0) is 11.1. The van der Waals surface area contributed by atoms with Crippen LogP contribution in [-0.2, 0) is 4.79 Å². The normalized spacial score (nSPS) is 35.3. The predicted molar refractivity (Wildman–Crippen MR) is 61.4 cm³/mol. The summed E-state index contributed by atoms with van der Waals surface area (Å²) in [5.74, 6) is 0.0394. The van der Waals surface area contributed by atoms with Gasteiger partial charge in [-0.2, -0.15) is 0 Å². The minimum atomic E-state index is -1.84. The molecule has 3 aliphatic rings. The Kier molecular flexibility index (Phi) is 3.36. The number of nitrogens with one attached hydrogen (secondary N) is 1. The number of halogens is 3. The number of carbonyl (C=O) groups is 1. The molecule has 0 radical (unpaired) electrons. The van der Waals surface area contributed by atoms with Crippen molar-refractivity contribution in [2.75, 3.05) is 19.6 Å². The number of fused-ring (bicyclic) bond motifs is 3. The van der Waals surface area contributed by atoms with Crippen LogP contribution in [0.1, 0.15) is 12.8 Å². The van der Waals surface area contributed by atoms with E-state index in [1.54, 1.807) is 0 Å². The molecule has 3 rings (SSSR count). The Bertz CT molecular complexity index is 259. The minimum Gasteiger partial charge on any atom is -0.348 e. The van der Waals surface area contributed by atoms with Crippen LogP contribution in [0.25, 0.3) is 0 Å². The molecule has 6 heteroatoms. The standard InChI is InChI=1S/C9H13Cl3N2O/c10-9(11,12)8(15)13-7-5-14-3-1-6(7)2-4-14/h6-7H,1-5H2,(H,13,15)/t7-/m1/s1. The number of rotatable bonds is 1. The fraction of sp³-hybridized carbons (Fsp3) is 0.889. The molecule has 0 aromatic rings. The third-order valence-electron chi connectivity index (χ3n) is 3.23. The Hall–Kier alpha value is 0.300. The van der Waals surface area contributed by atoms with Crippen LogP contribution in [0.15, 0.2) is 0 Å². The van der Waals surface area contributed by atoms with E-state index in [1.165, 1.54) is 0 Å². The first-order chi connectivity index (χ1) is 6.97. The molecule has 0 saturated carbocycles. The summed E-state index contributed by atoms with van der Waals surface area (Å²) >= 11 is 16.5. The molecule has 2 bridgehead atoms. The van der Waals surface area contributed by atoms with Crippen LogP contribution in [0.2, 0.25) is 0 Å². The second kappa shape index (κ2) is 4.28. The lowest BCUT2D eigenvalue weighted by Gasteiger charge is -2.45. The van der Waals surface area contributed by atoms with E-state index in [-0.39, 0.29) is 6.04 Å². The van der Waals surface area contributed by atoms with Crippen LogP contribution >= 0.6 is 34.8 Å². The van der Waals surface area contributed by atoms with Gasteiger partial charge in [-0.15, -0.1) is 0 Å². The van der Waals surface area contributed by atoms with Gasteiger partial charge in [-0.3, -0.25) is 4.79 Å². The average Bonchev–Trinajstić information content (AvgIpc) is 2.18. The molecule has 3 saturated heterocycles. The number of hydrogen-bond donors (Lipinski definition) is 1. The maximum Gasteiger partial charge on any atom is 0.272 e. The molecule has 0 spiro atoms. The molecular formula is C9H13Cl3N2O. The molecule has 86 valence electrons. The highest BCUT2D eigenvalue weighted by molar-refractivity contribution is 6.76. The van der Waals surface area contributed by atoms with Crippen LogP contribution in [0.3, 0.4) is 0 Å². The quantitative estimate of drug-likeness (QED) is 0.734. The van der Waals surface area contributed by atoms with E-state index in [0.717, 1.165) is 32.5 Å². The van der Waals surface area contributed by atoms with Crippen LogP contribution in [0, 0.1) is 5.92 Å². The minimum absolute atomic E-state index is 0.149. The summed E-state index contributed by atoms with van der Waals surface area (Å²) in [4.78, 5) is 13.8. The van der Waals surface area contributed by atoms with Crippen LogP contribution in [0.4, 0.5) is 0 Å². The summed E-state index contributed by atoms with van der Waals surface area (Å²) in [6.07, 6.45) is 2.26. The first kappa shape index (κ1) is 11.8. The van der Waals surface area contributed by atoms with Crippen molar-refractivity contribution in [1.29, 1.82) is 0 Å². The number of amides is 1. The Morgan fingerprint density at radius 3 is 2.27 bits per heavy atom. The van der Waals surface area contributed by atoms with Crippen molar-refractivity contribution in [2.24, 2.45) is 5.92 Å². The van der Waals surface area contributed by atoms with E-state index in [2.05, 4.69) is 10.2 Å². The van der Waals surface area contributed by atoms with Crippen molar-refractivity contribution in [3.63, 3.8) is 0 Å². The topological polar surface area (TPSA) is 32.3 Å². The molecule has 1 amide bonds. The molecule has 3 aliphatic heterocycles. The highest BCUT2D eigenvalue weighted by Crippen LogP contribution is 2.30. The van der Waals surface area contributed by atoms with E-state index in [4.69, 9.17) is 34.8 Å². The maximum atomic E-state index is 11.5. The van der Waals surface area contributed by atoms with Crippen molar-refractivity contribution < 1.29 is 4.79 Å². The fourth-order valence-electron chi connectivity index (χ4n) is 2.38. The van der Waals surface area contributed by atoms with Gasteiger partial charge < -0.3 is 10.2 Å². The third-order valence-corrected chi connectivity index (χ3v) is 3.75. The highest BCUT2D eigenvalue weighted by atomic mass is 35.6. The van der Waals surface area contributed by atoms with Gasteiger partial charge in [-0.25, -0.2) is 0 Å². The molecule has 1 atom stereocenters. The summed E-state index contributed by atoms with van der Waals surface area (Å²) in [7, 11) is 0. The lowest BCUT2D eigenvalue weighted by atomic mass is 9.84. The van der Waals surface area contributed by atoms with Crippen molar-refractivity contribution in [3.05, 3.63) is 0 Å². The van der Waals surface area contributed by atoms with Gasteiger partial charge in [-0.1, -0.05) is 34.8 Å². The second-order valence-corrected chi connectivity index (χ2v) is 6.50. The van der Waals surface area contributed by atoms with E-state index in [0.29, 0.717) is 5.92 Å². The molecule has 0 aromatic carbocycles. The Labute approximate surface area is 104 Å². The third kappa shape index (κ3) is 2.70. The fourth-order valence-corrected chi connectivity index (χ4v) is 2.54. The van der Waals surface area contributed by atoms with Gasteiger partial charge in [0.25, 0.3) is 9.70 Å². The number of alkyl halides is 3. The molecule has 0 aromatic heterocycles. The number of carbonyl (C=O) groups excluding carboxylic acids is 1. The van der Waals surface area contributed by atoms with Gasteiger partial charge in [0.05, 0.1) is 0 Å². The van der Waals surface area contributed by atoms with Gasteiger partial charge in [0, 0.05) is 12.6 Å². The van der Waals surface area contributed by atoms with Crippen molar-refractivity contribution in [1.82, 2.24) is 10.2 Å². The van der Waals surface area contributed by atoms with Crippen molar-refractivity contribution in [3.8, 4) is 0 Å². The van der Waals surface area contributed by atoms with Gasteiger partial charge in [0.2, 0.25) is 0 Å². The first-order valence-electron chi connectivity index (χ1n) is 5.07. The van der Waals surface area contributed by atoms with Gasteiger partial charge in [0.15, 0.2) is 0 Å². The summed E-state index contributed by atoms with van der Waals surface area (Å²) < 4.78 is -1.84. The zero-order valence-electron chi connectivity index (χ0n) is 8.18. The average molecular weight is 272 g/mol. The van der Waals surface area contributed by atoms with E-state index in [1.807, 2.05) is 0 Å². The lowest BCUT2D eigenvalue weighted by molar-refractivity contribution is -0.122. The van der Waals surface area contributed by atoms with Crippen molar-refractivity contribution >= 4 is 40.7 Å². The van der Waals surface area contributed by atoms with Crippen LogP contribution < -0.4 is 5.32 Å². The number of piperidine rings is 3. The molecule has 3 heterocycles. The monoisotopic (exact) mass is 270 g/mol. The number of hydrogen-bond acceptors (Lipinski definition) is 2. The van der Waals surface area contributed by atoms with Crippen LogP contribution in [0.5, 0.6) is 0 Å². The molecule has 15 heavy (non-hydrogen) atoms. The lowest BCUT2D eigenvalue weighted by Crippen LogP contribution is -2.58. The van der Waals surface area contributed by atoms with Crippen molar-refractivity contribution in [2.45, 2.75) is 22.7 Å². The smallest absolute Gasteiger partial charge is 0.272 e. The molecular weight excluding hydrogens is 258 g/mol. The second-order valence-electron chi connectivity index (χ2n) is 4.22. The molecule has 3 nitrogen and oxygen atoms in total. The van der Waals surface area contributed by atoms with E-state index < -0.39 is 9.70 Å². The number of nitrogens with zero attached hydrogens (tertiary/aromatic N) is 1.